The van der Waals surface area contributed by atoms with Gasteiger partial charge in [0.05, 0.1) is 6.04 Å². The Balaban J connectivity index is 0.00000441. The Morgan fingerprint density at radius 2 is 2.05 bits per heavy atom. The number of carbonyl (C=O) groups excluding carboxylic acids is 1. The molecule has 0 aliphatic carbocycles. The van der Waals surface area contributed by atoms with E-state index in [9.17, 15) is 4.79 Å². The molecule has 1 aliphatic rings. The lowest BCUT2D eigenvalue weighted by Crippen LogP contribution is -2.44. The van der Waals surface area contributed by atoms with E-state index in [-0.39, 0.29) is 36.1 Å². The first-order valence-corrected chi connectivity index (χ1v) is 7.88. The van der Waals surface area contributed by atoms with Crippen LogP contribution in [0.1, 0.15) is 47.5 Å². The Bertz CT molecular complexity index is 369. The van der Waals surface area contributed by atoms with Gasteiger partial charge in [0.2, 0.25) is 0 Å². The summed E-state index contributed by atoms with van der Waals surface area (Å²) >= 11 is 0. The largest absolute Gasteiger partial charge is 0.444 e. The van der Waals surface area contributed by atoms with Gasteiger partial charge in [-0.2, -0.15) is 0 Å². The lowest BCUT2D eigenvalue weighted by Gasteiger charge is -2.23. The Morgan fingerprint density at radius 3 is 2.59 bits per heavy atom. The van der Waals surface area contributed by atoms with E-state index in [4.69, 9.17) is 4.74 Å². The molecule has 1 amide bonds. The summed E-state index contributed by atoms with van der Waals surface area (Å²) in [5.41, 5.74) is -0.458. The molecule has 0 saturated carbocycles. The molecule has 1 unspecified atom stereocenters. The third-order valence-corrected chi connectivity index (χ3v) is 3.03. The molecular weight excluding hydrogens is 395 g/mol. The summed E-state index contributed by atoms with van der Waals surface area (Å²) in [6.45, 7) is 13.1. The number of amides is 1. The van der Waals surface area contributed by atoms with Gasteiger partial charge in [0.25, 0.3) is 0 Å². The molecule has 7 heteroatoms. The van der Waals surface area contributed by atoms with Crippen LogP contribution in [0.2, 0.25) is 0 Å². The number of hydrogen-bond acceptors (Lipinski definition) is 3. The van der Waals surface area contributed by atoms with Gasteiger partial charge in [-0.1, -0.05) is 6.92 Å². The molecule has 0 spiro atoms. The maximum atomic E-state index is 11.8. The van der Waals surface area contributed by atoms with Gasteiger partial charge in [0, 0.05) is 26.2 Å². The third-order valence-electron chi connectivity index (χ3n) is 3.03. The summed E-state index contributed by atoms with van der Waals surface area (Å²) in [6.07, 6.45) is 1.60. The minimum atomic E-state index is -0.458. The smallest absolute Gasteiger partial charge is 0.407 e. The van der Waals surface area contributed by atoms with E-state index in [1.54, 1.807) is 0 Å². The molecule has 6 nitrogen and oxygen atoms in total. The molecule has 130 valence electrons. The van der Waals surface area contributed by atoms with Crippen molar-refractivity contribution in [2.24, 2.45) is 4.99 Å². The van der Waals surface area contributed by atoms with Gasteiger partial charge in [-0.3, -0.25) is 4.99 Å². The van der Waals surface area contributed by atoms with Crippen molar-refractivity contribution in [1.29, 1.82) is 0 Å². The van der Waals surface area contributed by atoms with Gasteiger partial charge in [-0.05, 0) is 40.5 Å². The van der Waals surface area contributed by atoms with E-state index in [1.807, 2.05) is 20.8 Å². The van der Waals surface area contributed by atoms with Crippen LogP contribution in [0.4, 0.5) is 4.79 Å². The van der Waals surface area contributed by atoms with E-state index in [1.165, 1.54) is 0 Å². The fourth-order valence-electron chi connectivity index (χ4n) is 2.19. The molecule has 0 radical (unpaired) electrons. The second-order valence-corrected chi connectivity index (χ2v) is 6.31. The summed E-state index contributed by atoms with van der Waals surface area (Å²) < 4.78 is 5.29. The number of halogens is 1. The molecule has 22 heavy (non-hydrogen) atoms. The highest BCUT2D eigenvalue weighted by Gasteiger charge is 2.27. The normalized spacial score (nSPS) is 18.7. The fraction of sp³-hybridized carbons (Fsp3) is 0.867. The van der Waals surface area contributed by atoms with Crippen molar-refractivity contribution in [1.82, 2.24) is 15.5 Å². The summed E-state index contributed by atoms with van der Waals surface area (Å²) in [5.74, 6) is 0.938. The van der Waals surface area contributed by atoms with Gasteiger partial charge >= 0.3 is 6.09 Å². The highest BCUT2D eigenvalue weighted by molar-refractivity contribution is 14.0. The average Bonchev–Trinajstić information content (AvgIpc) is 2.80. The standard InChI is InChI=1S/C15H30N4O2.HI/c1-6-9-17-13(16-7-2)19-10-8-12(11-19)18-14(20)21-15(3,4)5;/h12H,6-11H2,1-5H3,(H,16,17)(H,18,20);1H. The zero-order chi connectivity index (χ0) is 15.9. The van der Waals surface area contributed by atoms with Gasteiger partial charge in [-0.25, -0.2) is 4.79 Å². The predicted octanol–water partition coefficient (Wildman–Crippen LogP) is 2.58. The molecule has 1 saturated heterocycles. The second kappa shape index (κ2) is 10.1. The highest BCUT2D eigenvalue weighted by Crippen LogP contribution is 2.12. The fourth-order valence-corrected chi connectivity index (χ4v) is 2.19. The summed E-state index contributed by atoms with van der Waals surface area (Å²) in [6, 6.07) is 0.116. The minimum Gasteiger partial charge on any atom is -0.444 e. The molecule has 1 heterocycles. The van der Waals surface area contributed by atoms with Crippen LogP contribution < -0.4 is 10.6 Å². The molecule has 0 bridgehead atoms. The zero-order valence-electron chi connectivity index (χ0n) is 14.4. The van der Waals surface area contributed by atoms with Gasteiger partial charge in [-0.15, -0.1) is 24.0 Å². The number of alkyl carbamates (subject to hydrolysis) is 1. The van der Waals surface area contributed by atoms with Crippen molar-refractivity contribution in [2.75, 3.05) is 26.2 Å². The van der Waals surface area contributed by atoms with Gasteiger partial charge in [0.1, 0.15) is 5.60 Å². The van der Waals surface area contributed by atoms with Crippen LogP contribution in [-0.4, -0.2) is 54.8 Å². The van der Waals surface area contributed by atoms with Crippen LogP contribution in [-0.2, 0) is 4.74 Å². The summed E-state index contributed by atoms with van der Waals surface area (Å²) in [4.78, 5) is 18.6. The Kier molecular flexibility index (Phi) is 9.79. The van der Waals surface area contributed by atoms with Crippen molar-refractivity contribution in [3.05, 3.63) is 0 Å². The molecule has 1 fully saturated rings. The quantitative estimate of drug-likeness (QED) is 0.412. The Labute approximate surface area is 151 Å². The maximum Gasteiger partial charge on any atom is 0.407 e. The van der Waals surface area contributed by atoms with Crippen molar-refractivity contribution >= 4 is 36.0 Å². The number of ether oxygens (including phenoxy) is 1. The number of guanidine groups is 1. The summed E-state index contributed by atoms with van der Waals surface area (Å²) in [5, 5.41) is 6.24. The van der Waals surface area contributed by atoms with E-state index >= 15 is 0 Å². The van der Waals surface area contributed by atoms with Crippen LogP contribution in [0.15, 0.2) is 4.99 Å². The number of nitrogens with one attached hydrogen (secondary N) is 2. The van der Waals surface area contributed by atoms with Crippen LogP contribution >= 0.6 is 24.0 Å². The number of nitrogens with zero attached hydrogens (tertiary/aromatic N) is 2. The van der Waals surface area contributed by atoms with E-state index < -0.39 is 5.60 Å². The molecule has 1 aliphatic heterocycles. The minimum absolute atomic E-state index is 0. The zero-order valence-corrected chi connectivity index (χ0v) is 16.8. The van der Waals surface area contributed by atoms with Crippen LogP contribution in [0.5, 0.6) is 0 Å². The number of likely N-dealkylation sites (tertiary alicyclic amines) is 1. The van der Waals surface area contributed by atoms with Crippen molar-refractivity contribution in [2.45, 2.75) is 59.1 Å². The molecule has 2 N–H and O–H groups in total. The van der Waals surface area contributed by atoms with Crippen molar-refractivity contribution in [3.8, 4) is 0 Å². The second-order valence-electron chi connectivity index (χ2n) is 6.31. The molecule has 0 aromatic rings. The first-order chi connectivity index (χ1) is 9.85. The predicted molar refractivity (Wildman–Crippen MR) is 101 cm³/mol. The number of hydrogen-bond donors (Lipinski definition) is 2. The summed E-state index contributed by atoms with van der Waals surface area (Å²) in [7, 11) is 0. The first-order valence-electron chi connectivity index (χ1n) is 7.88. The van der Waals surface area contributed by atoms with E-state index in [2.05, 4.69) is 34.4 Å². The lowest BCUT2D eigenvalue weighted by molar-refractivity contribution is 0.0507. The molecule has 0 aromatic carbocycles. The van der Waals surface area contributed by atoms with E-state index in [0.29, 0.717) is 0 Å². The maximum absolute atomic E-state index is 11.8. The SMILES string of the molecule is CCCN=C(NCC)N1CCC(NC(=O)OC(C)(C)C)C1.I. The van der Waals surface area contributed by atoms with Gasteiger partial charge < -0.3 is 20.3 Å². The Hall–Kier alpha value is -0.730. The topological polar surface area (TPSA) is 66.0 Å². The molecule has 1 atom stereocenters. The monoisotopic (exact) mass is 426 g/mol. The first kappa shape index (κ1) is 21.3. The lowest BCUT2D eigenvalue weighted by atomic mass is 10.2. The van der Waals surface area contributed by atoms with Crippen LogP contribution in [0.25, 0.3) is 0 Å². The average molecular weight is 426 g/mol. The van der Waals surface area contributed by atoms with Crippen molar-refractivity contribution < 1.29 is 9.53 Å². The third kappa shape index (κ3) is 8.05. The number of aliphatic imine (C=N–C) groups is 1. The molecule has 0 aromatic heterocycles. The van der Waals surface area contributed by atoms with Crippen molar-refractivity contribution in [3.63, 3.8) is 0 Å². The number of carbonyl (C=O) groups is 1. The van der Waals surface area contributed by atoms with Crippen LogP contribution in [0.3, 0.4) is 0 Å². The van der Waals surface area contributed by atoms with Crippen LogP contribution in [0, 0.1) is 0 Å². The molecule has 1 rings (SSSR count). The Morgan fingerprint density at radius 1 is 1.36 bits per heavy atom. The van der Waals surface area contributed by atoms with E-state index in [0.717, 1.165) is 45.0 Å². The molecular formula is C15H31IN4O2. The van der Waals surface area contributed by atoms with Gasteiger partial charge in [0.15, 0.2) is 5.96 Å². The highest BCUT2D eigenvalue weighted by atomic mass is 127. The number of rotatable bonds is 4.